The van der Waals surface area contributed by atoms with Crippen molar-refractivity contribution in [3.8, 4) is 0 Å². The second kappa shape index (κ2) is 3.88. The molecule has 0 radical (unpaired) electrons. The van der Waals surface area contributed by atoms with Gasteiger partial charge in [-0.15, -0.1) is 0 Å². The van der Waals surface area contributed by atoms with Crippen LogP contribution >= 0.6 is 0 Å². The highest BCUT2D eigenvalue weighted by Gasteiger charge is 2.19. The third-order valence-corrected chi connectivity index (χ3v) is 3.78. The van der Waals surface area contributed by atoms with E-state index >= 15 is 0 Å². The lowest BCUT2D eigenvalue weighted by Crippen LogP contribution is -1.99. The Hall–Kier alpha value is -1.28. The first-order valence-electron chi connectivity index (χ1n) is 6.48. The maximum atomic E-state index is 5.91. The van der Waals surface area contributed by atoms with Gasteiger partial charge in [-0.3, -0.25) is 0 Å². The van der Waals surface area contributed by atoms with Gasteiger partial charge < -0.3 is 10.2 Å². The number of furan rings is 1. The molecule has 3 rings (SSSR count). The van der Waals surface area contributed by atoms with Crippen LogP contribution in [0.1, 0.15) is 48.6 Å². The summed E-state index contributed by atoms with van der Waals surface area (Å²) in [6, 6.07) is 4.55. The molecule has 0 atom stereocenters. The Morgan fingerprint density at radius 1 is 1.24 bits per heavy atom. The molecule has 0 spiro atoms. The van der Waals surface area contributed by atoms with E-state index in [1.807, 2.05) is 0 Å². The van der Waals surface area contributed by atoms with Gasteiger partial charge in [-0.25, -0.2) is 0 Å². The van der Waals surface area contributed by atoms with Gasteiger partial charge in [-0.1, -0.05) is 13.8 Å². The summed E-state index contributed by atoms with van der Waals surface area (Å²) in [7, 11) is 0. The van der Waals surface area contributed by atoms with Crippen LogP contribution in [0.5, 0.6) is 0 Å². The standard InChI is InChI=1S/C15H19NO/c1-9(2)15-12-6-10-4-3-5-11(10)7-13(12)17-14(15)8-16/h6-7,9H,3-5,8,16H2,1-2H3. The maximum Gasteiger partial charge on any atom is 0.134 e. The Balaban J connectivity index is 2.29. The molecule has 0 amide bonds. The Kier molecular flexibility index (Phi) is 2.48. The average Bonchev–Trinajstić information content (AvgIpc) is 2.87. The van der Waals surface area contributed by atoms with Crippen LogP contribution in [0.25, 0.3) is 11.0 Å². The zero-order chi connectivity index (χ0) is 12.0. The quantitative estimate of drug-likeness (QED) is 0.856. The van der Waals surface area contributed by atoms with Gasteiger partial charge >= 0.3 is 0 Å². The summed E-state index contributed by atoms with van der Waals surface area (Å²) in [6.07, 6.45) is 3.69. The highest BCUT2D eigenvalue weighted by Crippen LogP contribution is 2.35. The first-order chi connectivity index (χ1) is 8.20. The molecule has 17 heavy (non-hydrogen) atoms. The van der Waals surface area contributed by atoms with Crippen molar-refractivity contribution in [2.24, 2.45) is 5.73 Å². The van der Waals surface area contributed by atoms with E-state index in [2.05, 4.69) is 26.0 Å². The molecular weight excluding hydrogens is 210 g/mol. The summed E-state index contributed by atoms with van der Waals surface area (Å²) < 4.78 is 5.91. The zero-order valence-electron chi connectivity index (χ0n) is 10.5. The van der Waals surface area contributed by atoms with Crippen LogP contribution in [-0.4, -0.2) is 0 Å². The second-order valence-electron chi connectivity index (χ2n) is 5.27. The second-order valence-corrected chi connectivity index (χ2v) is 5.27. The topological polar surface area (TPSA) is 39.2 Å². The van der Waals surface area contributed by atoms with Crippen molar-refractivity contribution in [1.29, 1.82) is 0 Å². The van der Waals surface area contributed by atoms with Gasteiger partial charge in [0.1, 0.15) is 11.3 Å². The lowest BCUT2D eigenvalue weighted by Gasteiger charge is -2.05. The van der Waals surface area contributed by atoms with E-state index in [1.54, 1.807) is 0 Å². The highest BCUT2D eigenvalue weighted by molar-refractivity contribution is 5.84. The first kappa shape index (κ1) is 10.8. The van der Waals surface area contributed by atoms with Crippen LogP contribution < -0.4 is 5.73 Å². The highest BCUT2D eigenvalue weighted by atomic mass is 16.3. The number of aryl methyl sites for hydroxylation is 2. The predicted octanol–water partition coefficient (Wildman–Crippen LogP) is 3.50. The van der Waals surface area contributed by atoms with Crippen molar-refractivity contribution in [1.82, 2.24) is 0 Å². The summed E-state index contributed by atoms with van der Waals surface area (Å²) in [5.41, 5.74) is 11.1. The van der Waals surface area contributed by atoms with Crippen molar-refractivity contribution in [3.05, 3.63) is 34.6 Å². The number of nitrogens with two attached hydrogens (primary N) is 1. The van der Waals surface area contributed by atoms with Crippen LogP contribution in [0.4, 0.5) is 0 Å². The number of rotatable bonds is 2. The largest absolute Gasteiger partial charge is 0.459 e. The van der Waals surface area contributed by atoms with Gasteiger partial charge in [0.05, 0.1) is 6.54 Å². The molecule has 1 heterocycles. The molecule has 2 heteroatoms. The van der Waals surface area contributed by atoms with Crippen LogP contribution in [0.15, 0.2) is 16.5 Å². The van der Waals surface area contributed by atoms with E-state index < -0.39 is 0 Å². The molecule has 90 valence electrons. The summed E-state index contributed by atoms with van der Waals surface area (Å²) in [4.78, 5) is 0. The minimum Gasteiger partial charge on any atom is -0.459 e. The third kappa shape index (κ3) is 1.59. The molecule has 1 aromatic heterocycles. The lowest BCUT2D eigenvalue weighted by molar-refractivity contribution is 0.541. The fraction of sp³-hybridized carbons (Fsp3) is 0.467. The molecule has 1 aliphatic carbocycles. The molecule has 0 bridgehead atoms. The first-order valence-corrected chi connectivity index (χ1v) is 6.48. The van der Waals surface area contributed by atoms with E-state index in [1.165, 1.54) is 41.3 Å². The average molecular weight is 229 g/mol. The van der Waals surface area contributed by atoms with Crippen LogP contribution in [-0.2, 0) is 19.4 Å². The Labute approximate surface area is 102 Å². The van der Waals surface area contributed by atoms with E-state index in [-0.39, 0.29) is 0 Å². The molecule has 1 aromatic carbocycles. The molecule has 2 nitrogen and oxygen atoms in total. The molecule has 0 saturated heterocycles. The molecule has 0 unspecified atom stereocenters. The van der Waals surface area contributed by atoms with Gasteiger partial charge in [0.15, 0.2) is 0 Å². The number of hydrogen-bond donors (Lipinski definition) is 1. The minimum absolute atomic E-state index is 0.467. The van der Waals surface area contributed by atoms with Gasteiger partial charge in [-0.2, -0.15) is 0 Å². The van der Waals surface area contributed by atoms with Gasteiger partial charge in [-0.05, 0) is 48.4 Å². The van der Waals surface area contributed by atoms with Gasteiger partial charge in [0.2, 0.25) is 0 Å². The monoisotopic (exact) mass is 229 g/mol. The van der Waals surface area contributed by atoms with Crippen LogP contribution in [0.2, 0.25) is 0 Å². The van der Waals surface area contributed by atoms with Crippen LogP contribution in [0.3, 0.4) is 0 Å². The Morgan fingerprint density at radius 2 is 1.94 bits per heavy atom. The normalized spacial score (nSPS) is 14.8. The van der Waals surface area contributed by atoms with Crippen molar-refractivity contribution < 1.29 is 4.42 Å². The van der Waals surface area contributed by atoms with Crippen molar-refractivity contribution in [3.63, 3.8) is 0 Å². The fourth-order valence-corrected chi connectivity index (χ4v) is 3.02. The number of benzene rings is 1. The van der Waals surface area contributed by atoms with E-state index in [0.29, 0.717) is 12.5 Å². The van der Waals surface area contributed by atoms with Crippen molar-refractivity contribution >= 4 is 11.0 Å². The zero-order valence-corrected chi connectivity index (χ0v) is 10.5. The molecule has 0 fully saturated rings. The number of hydrogen-bond acceptors (Lipinski definition) is 2. The fourth-order valence-electron chi connectivity index (χ4n) is 3.02. The predicted molar refractivity (Wildman–Crippen MR) is 70.2 cm³/mol. The van der Waals surface area contributed by atoms with Gasteiger partial charge in [0, 0.05) is 10.9 Å². The molecule has 2 N–H and O–H groups in total. The smallest absolute Gasteiger partial charge is 0.134 e. The van der Waals surface area contributed by atoms with Gasteiger partial charge in [0.25, 0.3) is 0 Å². The summed E-state index contributed by atoms with van der Waals surface area (Å²) in [5, 5.41) is 1.28. The van der Waals surface area contributed by atoms with E-state index in [9.17, 15) is 0 Å². The third-order valence-electron chi connectivity index (χ3n) is 3.78. The molecular formula is C15H19NO. The lowest BCUT2D eigenvalue weighted by atomic mass is 9.97. The molecule has 0 saturated carbocycles. The SMILES string of the molecule is CC(C)c1c(CN)oc2cc3c(cc12)CCC3. The molecule has 0 aliphatic heterocycles. The summed E-state index contributed by atoms with van der Waals surface area (Å²) in [6.45, 7) is 4.90. The Morgan fingerprint density at radius 3 is 2.59 bits per heavy atom. The van der Waals surface area contributed by atoms with Crippen molar-refractivity contribution in [2.45, 2.75) is 45.6 Å². The summed E-state index contributed by atoms with van der Waals surface area (Å²) in [5.74, 6) is 1.42. The van der Waals surface area contributed by atoms with Crippen LogP contribution in [0, 0.1) is 0 Å². The Bertz CT molecular complexity index is 566. The number of fused-ring (bicyclic) bond motifs is 2. The molecule has 2 aromatic rings. The maximum absolute atomic E-state index is 5.91. The van der Waals surface area contributed by atoms with Crippen molar-refractivity contribution in [2.75, 3.05) is 0 Å². The van der Waals surface area contributed by atoms with E-state index in [0.717, 1.165) is 11.3 Å². The molecule has 1 aliphatic rings. The summed E-state index contributed by atoms with van der Waals surface area (Å²) >= 11 is 0. The van der Waals surface area contributed by atoms with E-state index in [4.69, 9.17) is 10.2 Å². The minimum atomic E-state index is 0.467.